The highest BCUT2D eigenvalue weighted by molar-refractivity contribution is 9.10. The van der Waals surface area contributed by atoms with E-state index in [1.165, 1.54) is 54.8 Å². The van der Waals surface area contributed by atoms with Crippen LogP contribution in [0, 0.1) is 0 Å². The molecule has 9 rings (SSSR count). The monoisotopic (exact) mass is 690 g/mol. The highest BCUT2D eigenvalue weighted by atomic mass is 79.9. The van der Waals surface area contributed by atoms with E-state index in [9.17, 15) is 0 Å². The number of hydrogen-bond donors (Lipinski definition) is 0. The zero-order valence-corrected chi connectivity index (χ0v) is 28.3. The van der Waals surface area contributed by atoms with Gasteiger partial charge in [-0.1, -0.05) is 137 Å². The predicted molar refractivity (Wildman–Crippen MR) is 212 cm³/mol. The van der Waals surface area contributed by atoms with Crippen LogP contribution in [0.1, 0.15) is 0 Å². The number of hydrogen-bond acceptors (Lipinski definition) is 1. The van der Waals surface area contributed by atoms with Crippen LogP contribution in [0.2, 0.25) is 0 Å². The fourth-order valence-electron chi connectivity index (χ4n) is 7.22. The summed E-state index contributed by atoms with van der Waals surface area (Å²) in [6, 6.07) is 67.4. The molecule has 8 aromatic carbocycles. The molecule has 0 aliphatic rings. The summed E-state index contributed by atoms with van der Waals surface area (Å²) in [5, 5.41) is 4.98. The van der Waals surface area contributed by atoms with Crippen LogP contribution in [0.3, 0.4) is 0 Å². The van der Waals surface area contributed by atoms with Crippen LogP contribution in [-0.2, 0) is 0 Å². The molecule has 1 aromatic heterocycles. The van der Waals surface area contributed by atoms with Gasteiger partial charge in [-0.3, -0.25) is 0 Å². The molecule has 3 heteroatoms. The molecule has 0 saturated carbocycles. The first-order chi connectivity index (χ1) is 24.2. The molecule has 0 saturated heterocycles. The molecule has 49 heavy (non-hydrogen) atoms. The van der Waals surface area contributed by atoms with E-state index in [0.717, 1.165) is 27.2 Å². The van der Waals surface area contributed by atoms with Gasteiger partial charge in [-0.15, -0.1) is 0 Å². The van der Waals surface area contributed by atoms with Crippen LogP contribution in [0.5, 0.6) is 0 Å². The van der Waals surface area contributed by atoms with E-state index in [2.05, 4.69) is 213 Å². The van der Waals surface area contributed by atoms with Crippen molar-refractivity contribution in [2.24, 2.45) is 0 Å². The fourth-order valence-corrected chi connectivity index (χ4v) is 7.77. The molecule has 9 aromatic rings. The number of fused-ring (bicyclic) bond motifs is 5. The molecular weight excluding hydrogens is 660 g/mol. The van der Waals surface area contributed by atoms with Gasteiger partial charge in [0.05, 0.1) is 11.0 Å². The van der Waals surface area contributed by atoms with Crippen molar-refractivity contribution in [2.45, 2.75) is 0 Å². The number of rotatable bonds is 6. The number of nitrogens with zero attached hydrogens (tertiary/aromatic N) is 2. The van der Waals surface area contributed by atoms with Crippen molar-refractivity contribution in [3.8, 4) is 27.9 Å². The van der Waals surface area contributed by atoms with Crippen molar-refractivity contribution in [3.63, 3.8) is 0 Å². The molecule has 0 amide bonds. The van der Waals surface area contributed by atoms with Gasteiger partial charge >= 0.3 is 0 Å². The van der Waals surface area contributed by atoms with E-state index >= 15 is 0 Å². The first-order valence-corrected chi connectivity index (χ1v) is 17.3. The highest BCUT2D eigenvalue weighted by Crippen LogP contribution is 2.44. The van der Waals surface area contributed by atoms with Gasteiger partial charge in [0, 0.05) is 38.0 Å². The summed E-state index contributed by atoms with van der Waals surface area (Å²) in [6.45, 7) is 0. The standard InChI is InChI=1S/C46H31BrN2/c47-42-21-12-22-43-46(42)45-40-20-11-10-19-39(40)41(31-44(45)49(43)36-17-8-3-9-18-36)34-25-29-38(30-26-34)48(35-15-6-2-7-16-35)37-27-23-33(24-28-37)32-13-4-1-5-14-32/h1-31H. The Hall–Kier alpha value is -5.90. The van der Waals surface area contributed by atoms with E-state index in [-0.39, 0.29) is 0 Å². The summed E-state index contributed by atoms with van der Waals surface area (Å²) in [6.07, 6.45) is 0. The Balaban J connectivity index is 1.20. The number of aromatic nitrogens is 1. The van der Waals surface area contributed by atoms with Crippen LogP contribution < -0.4 is 4.90 Å². The molecule has 0 bridgehead atoms. The lowest BCUT2D eigenvalue weighted by Crippen LogP contribution is -2.09. The SMILES string of the molecule is Brc1cccc2c1c1c3ccccc3c(-c3ccc(N(c4ccccc4)c4ccc(-c5ccccc5)cc4)cc3)cc1n2-c1ccccc1. The van der Waals surface area contributed by atoms with Crippen LogP contribution in [0.4, 0.5) is 17.1 Å². The minimum absolute atomic E-state index is 1.10. The second-order valence-electron chi connectivity index (χ2n) is 12.3. The number of para-hydroxylation sites is 2. The van der Waals surface area contributed by atoms with Gasteiger partial charge in [-0.2, -0.15) is 0 Å². The number of halogens is 1. The van der Waals surface area contributed by atoms with Crippen molar-refractivity contribution in [1.29, 1.82) is 0 Å². The van der Waals surface area contributed by atoms with Gasteiger partial charge in [-0.25, -0.2) is 0 Å². The first kappa shape index (κ1) is 29.3. The lowest BCUT2D eigenvalue weighted by atomic mass is 9.94. The average molecular weight is 692 g/mol. The smallest absolute Gasteiger partial charge is 0.0554 e. The maximum absolute atomic E-state index is 3.91. The van der Waals surface area contributed by atoms with Crippen molar-refractivity contribution < 1.29 is 0 Å². The summed E-state index contributed by atoms with van der Waals surface area (Å²) in [5.41, 5.74) is 11.7. The lowest BCUT2D eigenvalue weighted by molar-refractivity contribution is 1.18. The Morgan fingerprint density at radius 2 is 0.918 bits per heavy atom. The molecule has 0 aliphatic carbocycles. The maximum Gasteiger partial charge on any atom is 0.0554 e. The van der Waals surface area contributed by atoms with Crippen molar-refractivity contribution in [3.05, 3.63) is 193 Å². The summed E-state index contributed by atoms with van der Waals surface area (Å²) in [5.74, 6) is 0. The molecule has 0 aliphatic heterocycles. The van der Waals surface area contributed by atoms with E-state index in [1.54, 1.807) is 0 Å². The Bertz CT molecular complexity index is 2570. The van der Waals surface area contributed by atoms with Gasteiger partial charge in [0.1, 0.15) is 0 Å². The van der Waals surface area contributed by atoms with Gasteiger partial charge in [0.15, 0.2) is 0 Å². The molecule has 0 radical (unpaired) electrons. The summed E-state index contributed by atoms with van der Waals surface area (Å²) < 4.78 is 3.50. The lowest BCUT2D eigenvalue weighted by Gasteiger charge is -2.26. The van der Waals surface area contributed by atoms with Gasteiger partial charge in [0.2, 0.25) is 0 Å². The maximum atomic E-state index is 3.91. The van der Waals surface area contributed by atoms with Crippen LogP contribution >= 0.6 is 15.9 Å². The average Bonchev–Trinajstić information content (AvgIpc) is 3.52. The minimum atomic E-state index is 1.10. The molecule has 1 heterocycles. The third-order valence-electron chi connectivity index (χ3n) is 9.45. The number of benzene rings is 8. The van der Waals surface area contributed by atoms with Crippen LogP contribution in [-0.4, -0.2) is 4.57 Å². The fraction of sp³-hybridized carbons (Fsp3) is 0. The Morgan fingerprint density at radius 1 is 0.388 bits per heavy atom. The summed E-state index contributed by atoms with van der Waals surface area (Å²) >= 11 is 3.91. The third kappa shape index (κ3) is 5.11. The summed E-state index contributed by atoms with van der Waals surface area (Å²) in [4.78, 5) is 2.32. The second-order valence-corrected chi connectivity index (χ2v) is 13.2. The summed E-state index contributed by atoms with van der Waals surface area (Å²) in [7, 11) is 0. The predicted octanol–water partition coefficient (Wildman–Crippen LogP) is 13.5. The molecule has 0 spiro atoms. The Labute approximate surface area is 294 Å². The molecule has 0 unspecified atom stereocenters. The van der Waals surface area contributed by atoms with Crippen molar-refractivity contribution >= 4 is 65.6 Å². The quantitative estimate of drug-likeness (QED) is 0.169. The third-order valence-corrected chi connectivity index (χ3v) is 10.1. The Kier molecular flexibility index (Phi) is 7.33. The van der Waals surface area contributed by atoms with Crippen molar-refractivity contribution in [2.75, 3.05) is 4.90 Å². The van der Waals surface area contributed by atoms with Gasteiger partial charge < -0.3 is 9.47 Å². The highest BCUT2D eigenvalue weighted by Gasteiger charge is 2.20. The zero-order chi connectivity index (χ0) is 32.7. The molecule has 0 atom stereocenters. The van der Waals surface area contributed by atoms with Crippen LogP contribution in [0.25, 0.3) is 60.5 Å². The second kappa shape index (κ2) is 12.3. The topological polar surface area (TPSA) is 8.17 Å². The molecule has 2 nitrogen and oxygen atoms in total. The molecule has 0 fully saturated rings. The zero-order valence-electron chi connectivity index (χ0n) is 26.7. The van der Waals surface area contributed by atoms with E-state index in [1.807, 2.05) is 0 Å². The van der Waals surface area contributed by atoms with E-state index in [4.69, 9.17) is 0 Å². The molecule has 232 valence electrons. The van der Waals surface area contributed by atoms with Gasteiger partial charge in [0.25, 0.3) is 0 Å². The first-order valence-electron chi connectivity index (χ1n) is 16.6. The number of anilines is 3. The van der Waals surface area contributed by atoms with Crippen LogP contribution in [0.15, 0.2) is 193 Å². The van der Waals surface area contributed by atoms with Crippen molar-refractivity contribution in [1.82, 2.24) is 4.57 Å². The minimum Gasteiger partial charge on any atom is -0.311 e. The largest absolute Gasteiger partial charge is 0.311 e. The molecular formula is C46H31BrN2. The van der Waals surface area contributed by atoms with E-state index in [0.29, 0.717) is 0 Å². The Morgan fingerprint density at radius 3 is 1.59 bits per heavy atom. The van der Waals surface area contributed by atoms with E-state index < -0.39 is 0 Å². The normalized spacial score (nSPS) is 11.4. The van der Waals surface area contributed by atoms with Gasteiger partial charge in [-0.05, 0) is 99.8 Å². The molecule has 0 N–H and O–H groups in total.